The Balaban J connectivity index is 1.77. The summed E-state index contributed by atoms with van der Waals surface area (Å²) in [7, 11) is 0. The number of hydrogen-bond acceptors (Lipinski definition) is 2. The summed E-state index contributed by atoms with van der Waals surface area (Å²) in [5, 5.41) is 1.19. The van der Waals surface area contributed by atoms with Crippen LogP contribution in [0.15, 0.2) is 33.2 Å². The van der Waals surface area contributed by atoms with E-state index in [0.29, 0.717) is 0 Å². The fourth-order valence-electron chi connectivity index (χ4n) is 2.66. The van der Waals surface area contributed by atoms with Crippen molar-refractivity contribution >= 4 is 26.9 Å². The van der Waals surface area contributed by atoms with Gasteiger partial charge in [-0.1, -0.05) is 28.8 Å². The molecule has 0 aliphatic carbocycles. The lowest BCUT2D eigenvalue weighted by atomic mass is 10.2. The van der Waals surface area contributed by atoms with Crippen molar-refractivity contribution in [3.63, 3.8) is 0 Å². The average Bonchev–Trinajstić information content (AvgIpc) is 2.57. The molecule has 0 radical (unpaired) electrons. The highest BCUT2D eigenvalue weighted by Crippen LogP contribution is 2.24. The number of rotatable bonds is 2. The van der Waals surface area contributed by atoms with Crippen molar-refractivity contribution < 1.29 is 4.42 Å². The van der Waals surface area contributed by atoms with E-state index in [-0.39, 0.29) is 0 Å². The van der Waals surface area contributed by atoms with Gasteiger partial charge in [0, 0.05) is 9.86 Å². The Hall–Kier alpha value is -0.800. The van der Waals surface area contributed by atoms with Crippen LogP contribution in [0, 0.1) is 0 Å². The molecular formula is C15H18BrNO. The van der Waals surface area contributed by atoms with E-state index < -0.39 is 0 Å². The SMILES string of the molecule is Brc1ccc2oc(CN3CCCCCC3)cc2c1. The molecule has 3 rings (SSSR count). The molecule has 2 nitrogen and oxygen atoms in total. The second-order valence-electron chi connectivity index (χ2n) is 5.09. The minimum absolute atomic E-state index is 0.951. The molecule has 2 heterocycles. The number of likely N-dealkylation sites (tertiary alicyclic amines) is 1. The van der Waals surface area contributed by atoms with Crippen LogP contribution in [0.2, 0.25) is 0 Å². The summed E-state index contributed by atoms with van der Waals surface area (Å²) in [5.41, 5.74) is 0.989. The van der Waals surface area contributed by atoms with Crippen molar-refractivity contribution in [1.29, 1.82) is 0 Å². The molecule has 1 aromatic carbocycles. The molecule has 0 bridgehead atoms. The first-order valence-electron chi connectivity index (χ1n) is 6.71. The predicted molar refractivity (Wildman–Crippen MR) is 77.7 cm³/mol. The first kappa shape index (κ1) is 12.2. The fourth-order valence-corrected chi connectivity index (χ4v) is 3.04. The van der Waals surface area contributed by atoms with E-state index in [2.05, 4.69) is 33.0 Å². The van der Waals surface area contributed by atoms with Crippen LogP contribution in [0.3, 0.4) is 0 Å². The van der Waals surface area contributed by atoms with E-state index in [1.165, 1.54) is 44.2 Å². The van der Waals surface area contributed by atoms with E-state index in [1.54, 1.807) is 0 Å². The van der Waals surface area contributed by atoms with Gasteiger partial charge in [0.1, 0.15) is 11.3 Å². The number of benzene rings is 1. The standard InChI is InChI=1S/C15H18BrNO/c16-13-5-6-15-12(9-13)10-14(18-15)11-17-7-3-1-2-4-8-17/h5-6,9-10H,1-4,7-8,11H2. The molecule has 18 heavy (non-hydrogen) atoms. The van der Waals surface area contributed by atoms with Crippen molar-refractivity contribution in [3.05, 3.63) is 34.5 Å². The second kappa shape index (κ2) is 5.45. The lowest BCUT2D eigenvalue weighted by Crippen LogP contribution is -2.23. The van der Waals surface area contributed by atoms with E-state index in [1.807, 2.05) is 12.1 Å². The van der Waals surface area contributed by atoms with E-state index in [4.69, 9.17) is 4.42 Å². The zero-order valence-electron chi connectivity index (χ0n) is 10.5. The third-order valence-electron chi connectivity index (χ3n) is 3.61. The lowest BCUT2D eigenvalue weighted by Gasteiger charge is -2.17. The molecule has 1 aliphatic rings. The van der Waals surface area contributed by atoms with Gasteiger partial charge in [-0.05, 0) is 50.2 Å². The number of hydrogen-bond donors (Lipinski definition) is 0. The molecular weight excluding hydrogens is 290 g/mol. The minimum Gasteiger partial charge on any atom is -0.460 e. The maximum Gasteiger partial charge on any atom is 0.134 e. The number of nitrogens with zero attached hydrogens (tertiary/aromatic N) is 1. The highest BCUT2D eigenvalue weighted by molar-refractivity contribution is 9.10. The van der Waals surface area contributed by atoms with E-state index >= 15 is 0 Å². The van der Waals surface area contributed by atoms with Crippen molar-refractivity contribution in [2.24, 2.45) is 0 Å². The van der Waals surface area contributed by atoms with Crippen LogP contribution in [0.5, 0.6) is 0 Å². The first-order chi connectivity index (χ1) is 8.81. The fraction of sp³-hybridized carbons (Fsp3) is 0.467. The summed E-state index contributed by atoms with van der Waals surface area (Å²) in [6, 6.07) is 8.35. The van der Waals surface area contributed by atoms with Gasteiger partial charge >= 0.3 is 0 Å². The van der Waals surface area contributed by atoms with Crippen LogP contribution in [0.25, 0.3) is 11.0 Å². The van der Waals surface area contributed by atoms with Gasteiger partial charge in [-0.3, -0.25) is 4.90 Å². The minimum atomic E-state index is 0.951. The summed E-state index contributed by atoms with van der Waals surface area (Å²) in [6.07, 6.45) is 5.41. The Morgan fingerprint density at radius 2 is 1.83 bits per heavy atom. The summed E-state index contributed by atoms with van der Waals surface area (Å²) >= 11 is 3.50. The molecule has 0 amide bonds. The molecule has 96 valence electrons. The van der Waals surface area contributed by atoms with Gasteiger partial charge in [0.05, 0.1) is 6.54 Å². The molecule has 3 heteroatoms. The monoisotopic (exact) mass is 307 g/mol. The summed E-state index contributed by atoms with van der Waals surface area (Å²) in [5.74, 6) is 1.09. The zero-order chi connectivity index (χ0) is 12.4. The Kier molecular flexibility index (Phi) is 3.71. The largest absolute Gasteiger partial charge is 0.460 e. The van der Waals surface area contributed by atoms with Crippen molar-refractivity contribution in [2.75, 3.05) is 13.1 Å². The van der Waals surface area contributed by atoms with E-state index in [0.717, 1.165) is 22.4 Å². The molecule has 0 atom stereocenters. The zero-order valence-corrected chi connectivity index (χ0v) is 12.1. The van der Waals surface area contributed by atoms with Gasteiger partial charge in [0.25, 0.3) is 0 Å². The van der Waals surface area contributed by atoms with Crippen LogP contribution in [-0.4, -0.2) is 18.0 Å². The molecule has 1 saturated heterocycles. The Morgan fingerprint density at radius 3 is 2.61 bits per heavy atom. The van der Waals surface area contributed by atoms with Crippen LogP contribution in [0.1, 0.15) is 31.4 Å². The summed E-state index contributed by atoms with van der Waals surface area (Å²) in [6.45, 7) is 3.37. The highest BCUT2D eigenvalue weighted by atomic mass is 79.9. The van der Waals surface area contributed by atoms with Crippen molar-refractivity contribution in [2.45, 2.75) is 32.2 Å². The molecule has 0 unspecified atom stereocenters. The third-order valence-corrected chi connectivity index (χ3v) is 4.10. The molecule has 0 spiro atoms. The van der Waals surface area contributed by atoms with Gasteiger partial charge in [0.2, 0.25) is 0 Å². The Bertz CT molecular complexity index is 526. The van der Waals surface area contributed by atoms with Crippen molar-refractivity contribution in [3.8, 4) is 0 Å². The normalized spacial score (nSPS) is 18.1. The van der Waals surface area contributed by atoms with Crippen LogP contribution < -0.4 is 0 Å². The van der Waals surface area contributed by atoms with Gasteiger partial charge in [-0.25, -0.2) is 0 Å². The molecule has 0 saturated carbocycles. The molecule has 1 fully saturated rings. The third kappa shape index (κ3) is 2.78. The van der Waals surface area contributed by atoms with Crippen LogP contribution in [-0.2, 0) is 6.54 Å². The first-order valence-corrected chi connectivity index (χ1v) is 7.51. The topological polar surface area (TPSA) is 16.4 Å². The smallest absolute Gasteiger partial charge is 0.134 e. The highest BCUT2D eigenvalue weighted by Gasteiger charge is 2.12. The predicted octanol–water partition coefficient (Wildman–Crippen LogP) is 4.57. The Morgan fingerprint density at radius 1 is 1.06 bits per heavy atom. The number of halogens is 1. The lowest BCUT2D eigenvalue weighted by molar-refractivity contribution is 0.256. The van der Waals surface area contributed by atoms with Gasteiger partial charge in [-0.2, -0.15) is 0 Å². The van der Waals surface area contributed by atoms with Gasteiger partial charge in [0.15, 0.2) is 0 Å². The quantitative estimate of drug-likeness (QED) is 0.808. The maximum atomic E-state index is 5.90. The molecule has 0 N–H and O–H groups in total. The summed E-state index contributed by atoms with van der Waals surface area (Å²) < 4.78 is 7.01. The molecule has 2 aromatic rings. The molecule has 1 aromatic heterocycles. The molecule has 1 aliphatic heterocycles. The van der Waals surface area contributed by atoms with Crippen LogP contribution >= 0.6 is 15.9 Å². The van der Waals surface area contributed by atoms with Gasteiger partial charge < -0.3 is 4.42 Å². The van der Waals surface area contributed by atoms with E-state index in [9.17, 15) is 0 Å². The van der Waals surface area contributed by atoms with Crippen molar-refractivity contribution in [1.82, 2.24) is 4.90 Å². The Labute approximate surface area is 116 Å². The number of furan rings is 1. The van der Waals surface area contributed by atoms with Gasteiger partial charge in [-0.15, -0.1) is 0 Å². The average molecular weight is 308 g/mol. The summed E-state index contributed by atoms with van der Waals surface area (Å²) in [4.78, 5) is 2.51. The maximum absolute atomic E-state index is 5.90. The second-order valence-corrected chi connectivity index (χ2v) is 6.00. The number of fused-ring (bicyclic) bond motifs is 1. The van der Waals surface area contributed by atoms with Crippen LogP contribution in [0.4, 0.5) is 0 Å².